The summed E-state index contributed by atoms with van der Waals surface area (Å²) in [4.78, 5) is 5.96. The number of rotatable bonds is 2. The molecule has 0 saturated carbocycles. The smallest absolute Gasteiger partial charge is 0.187 e. The molecule has 0 fully saturated rings. The van der Waals surface area contributed by atoms with Crippen molar-refractivity contribution in [1.29, 1.82) is 0 Å². The zero-order valence-corrected chi connectivity index (χ0v) is 11.3. The van der Waals surface area contributed by atoms with Gasteiger partial charge in [0.2, 0.25) is 0 Å². The number of thiazole rings is 1. The van der Waals surface area contributed by atoms with Crippen molar-refractivity contribution in [1.82, 2.24) is 4.98 Å². The number of hydrogen-bond acceptors (Lipinski definition) is 3. The molecule has 88 valence electrons. The van der Waals surface area contributed by atoms with E-state index in [0.717, 1.165) is 23.7 Å². The fraction of sp³-hybridized carbons (Fsp3) is 0.250. The Kier molecular flexibility index (Phi) is 2.99. The molecule has 17 heavy (non-hydrogen) atoms. The lowest BCUT2D eigenvalue weighted by Crippen LogP contribution is -1.91. The number of nitrogens with zero attached hydrogens (tertiary/aromatic N) is 1. The zero-order valence-electron chi connectivity index (χ0n) is 8.96. The molecule has 2 aromatic rings. The Morgan fingerprint density at radius 1 is 1.24 bits per heavy atom. The van der Waals surface area contributed by atoms with E-state index in [4.69, 9.17) is 23.2 Å². The second-order valence-corrected chi connectivity index (χ2v) is 5.92. The van der Waals surface area contributed by atoms with E-state index in [1.165, 1.54) is 17.0 Å². The second-order valence-electron chi connectivity index (χ2n) is 3.99. The number of hydrogen-bond donors (Lipinski definition) is 1. The Hall–Kier alpha value is -0.770. The third kappa shape index (κ3) is 2.28. The summed E-state index contributed by atoms with van der Waals surface area (Å²) in [5, 5.41) is 5.46. The average molecular weight is 285 g/mol. The molecule has 3 rings (SSSR count). The van der Waals surface area contributed by atoms with Crippen LogP contribution in [0.15, 0.2) is 18.2 Å². The van der Waals surface area contributed by atoms with Gasteiger partial charge in [-0.15, -0.1) is 11.3 Å². The number of anilines is 2. The quantitative estimate of drug-likeness (QED) is 0.866. The highest BCUT2D eigenvalue weighted by Gasteiger charge is 2.17. The second kappa shape index (κ2) is 4.48. The van der Waals surface area contributed by atoms with Gasteiger partial charge in [-0.2, -0.15) is 0 Å². The molecular formula is C12H10Cl2N2S. The van der Waals surface area contributed by atoms with E-state index >= 15 is 0 Å². The highest BCUT2D eigenvalue weighted by atomic mass is 35.5. The van der Waals surface area contributed by atoms with Crippen LogP contribution < -0.4 is 5.32 Å². The third-order valence-electron chi connectivity index (χ3n) is 2.77. The Morgan fingerprint density at radius 2 is 2.12 bits per heavy atom. The van der Waals surface area contributed by atoms with Crippen LogP contribution in [0.4, 0.5) is 10.8 Å². The van der Waals surface area contributed by atoms with Gasteiger partial charge in [0.15, 0.2) is 5.13 Å². The number of nitrogens with one attached hydrogen (secondary N) is 1. The van der Waals surface area contributed by atoms with E-state index in [1.54, 1.807) is 23.5 Å². The van der Waals surface area contributed by atoms with Gasteiger partial charge in [0, 0.05) is 9.90 Å². The minimum atomic E-state index is 0.657. The summed E-state index contributed by atoms with van der Waals surface area (Å²) in [6.07, 6.45) is 3.47. The maximum atomic E-state index is 6.10. The largest absolute Gasteiger partial charge is 0.330 e. The van der Waals surface area contributed by atoms with E-state index < -0.39 is 0 Å². The highest BCUT2D eigenvalue weighted by Crippen LogP contribution is 2.34. The van der Waals surface area contributed by atoms with Crippen LogP contribution >= 0.6 is 34.5 Å². The maximum absolute atomic E-state index is 6.10. The van der Waals surface area contributed by atoms with Crippen LogP contribution in [0.3, 0.4) is 0 Å². The first-order chi connectivity index (χ1) is 8.22. The topological polar surface area (TPSA) is 24.9 Å². The molecule has 1 aliphatic rings. The molecule has 1 aromatic carbocycles. The van der Waals surface area contributed by atoms with Crippen LogP contribution in [0.25, 0.3) is 0 Å². The lowest BCUT2D eigenvalue weighted by atomic mass is 10.3. The van der Waals surface area contributed by atoms with Crippen molar-refractivity contribution in [3.63, 3.8) is 0 Å². The SMILES string of the molecule is Clc1ccc(Cl)c(Nc2nc3c(s2)CCC3)c1. The molecule has 1 heterocycles. The summed E-state index contributed by atoms with van der Waals surface area (Å²) in [5.41, 5.74) is 2.04. The normalized spacial score (nSPS) is 13.8. The van der Waals surface area contributed by atoms with Crippen LogP contribution in [-0.2, 0) is 12.8 Å². The molecule has 0 saturated heterocycles. The molecule has 1 aliphatic carbocycles. The Bertz CT molecular complexity index is 544. The number of halogens is 2. The molecule has 0 aliphatic heterocycles. The van der Waals surface area contributed by atoms with Crippen molar-refractivity contribution >= 4 is 45.4 Å². The molecule has 0 radical (unpaired) electrons. The van der Waals surface area contributed by atoms with Gasteiger partial charge in [-0.25, -0.2) is 4.98 Å². The van der Waals surface area contributed by atoms with Gasteiger partial charge in [-0.3, -0.25) is 0 Å². The molecule has 2 nitrogen and oxygen atoms in total. The highest BCUT2D eigenvalue weighted by molar-refractivity contribution is 7.15. The molecule has 0 bridgehead atoms. The first-order valence-electron chi connectivity index (χ1n) is 5.43. The first-order valence-corrected chi connectivity index (χ1v) is 7.00. The fourth-order valence-electron chi connectivity index (χ4n) is 1.95. The number of benzene rings is 1. The van der Waals surface area contributed by atoms with Crippen LogP contribution in [-0.4, -0.2) is 4.98 Å². The summed E-state index contributed by atoms with van der Waals surface area (Å²) in [7, 11) is 0. The van der Waals surface area contributed by atoms with E-state index in [0.29, 0.717) is 10.0 Å². The summed E-state index contributed by atoms with van der Waals surface area (Å²) in [5.74, 6) is 0. The van der Waals surface area contributed by atoms with E-state index in [-0.39, 0.29) is 0 Å². The molecule has 0 atom stereocenters. The molecular weight excluding hydrogens is 275 g/mol. The van der Waals surface area contributed by atoms with Gasteiger partial charge in [0.25, 0.3) is 0 Å². The van der Waals surface area contributed by atoms with Crippen molar-refractivity contribution in [2.45, 2.75) is 19.3 Å². The number of fused-ring (bicyclic) bond motifs is 1. The average Bonchev–Trinajstić information content (AvgIpc) is 2.83. The van der Waals surface area contributed by atoms with Gasteiger partial charge < -0.3 is 5.32 Å². The van der Waals surface area contributed by atoms with Crippen molar-refractivity contribution in [3.05, 3.63) is 38.8 Å². The summed E-state index contributed by atoms with van der Waals surface area (Å²) >= 11 is 13.7. The van der Waals surface area contributed by atoms with Gasteiger partial charge >= 0.3 is 0 Å². The van der Waals surface area contributed by atoms with Gasteiger partial charge in [-0.05, 0) is 37.5 Å². The minimum absolute atomic E-state index is 0.657. The molecule has 0 amide bonds. The number of aryl methyl sites for hydroxylation is 2. The van der Waals surface area contributed by atoms with Crippen molar-refractivity contribution < 1.29 is 0 Å². The van der Waals surface area contributed by atoms with E-state index in [1.807, 2.05) is 6.07 Å². The molecule has 0 unspecified atom stereocenters. The predicted octanol–water partition coefficient (Wildman–Crippen LogP) is 4.68. The van der Waals surface area contributed by atoms with Gasteiger partial charge in [0.05, 0.1) is 16.4 Å². The Labute approximate surface area is 114 Å². The number of aromatic nitrogens is 1. The standard InChI is InChI=1S/C12H10Cl2N2S/c13-7-4-5-8(14)10(6-7)16-12-15-9-2-1-3-11(9)17-12/h4-6H,1-3H2,(H,15,16). The van der Waals surface area contributed by atoms with Crippen LogP contribution in [0.5, 0.6) is 0 Å². The Morgan fingerprint density at radius 3 is 2.94 bits per heavy atom. The first kappa shape index (κ1) is 11.3. The van der Waals surface area contributed by atoms with Gasteiger partial charge in [-0.1, -0.05) is 23.2 Å². The minimum Gasteiger partial charge on any atom is -0.330 e. The Balaban J connectivity index is 1.88. The molecule has 1 aromatic heterocycles. The van der Waals surface area contributed by atoms with E-state index in [2.05, 4.69) is 10.3 Å². The molecule has 0 spiro atoms. The van der Waals surface area contributed by atoms with Crippen LogP contribution in [0.2, 0.25) is 10.0 Å². The summed E-state index contributed by atoms with van der Waals surface area (Å²) in [6.45, 7) is 0. The van der Waals surface area contributed by atoms with Crippen molar-refractivity contribution in [2.24, 2.45) is 0 Å². The van der Waals surface area contributed by atoms with E-state index in [9.17, 15) is 0 Å². The van der Waals surface area contributed by atoms with Crippen LogP contribution in [0.1, 0.15) is 17.0 Å². The predicted molar refractivity (Wildman–Crippen MR) is 73.9 cm³/mol. The third-order valence-corrected chi connectivity index (χ3v) is 4.40. The lowest BCUT2D eigenvalue weighted by Gasteiger charge is -2.05. The summed E-state index contributed by atoms with van der Waals surface area (Å²) < 4.78 is 0. The zero-order chi connectivity index (χ0) is 11.8. The molecule has 5 heteroatoms. The fourth-order valence-corrected chi connectivity index (χ4v) is 3.35. The van der Waals surface area contributed by atoms with Crippen molar-refractivity contribution in [2.75, 3.05) is 5.32 Å². The molecule has 1 N–H and O–H groups in total. The van der Waals surface area contributed by atoms with Crippen molar-refractivity contribution in [3.8, 4) is 0 Å². The van der Waals surface area contributed by atoms with Gasteiger partial charge in [0.1, 0.15) is 0 Å². The summed E-state index contributed by atoms with van der Waals surface area (Å²) in [6, 6.07) is 5.38. The van der Waals surface area contributed by atoms with Crippen LogP contribution in [0, 0.1) is 0 Å². The maximum Gasteiger partial charge on any atom is 0.187 e. The monoisotopic (exact) mass is 284 g/mol. The lowest BCUT2D eigenvalue weighted by molar-refractivity contribution is 0.900.